The lowest BCUT2D eigenvalue weighted by Crippen LogP contribution is -2.35. The van der Waals surface area contributed by atoms with Gasteiger partial charge in [-0.1, -0.05) is 19.9 Å². The van der Waals surface area contributed by atoms with E-state index in [9.17, 15) is 8.78 Å². The summed E-state index contributed by atoms with van der Waals surface area (Å²) in [6, 6.07) is 3.55. The summed E-state index contributed by atoms with van der Waals surface area (Å²) in [6.45, 7) is 5.66. The lowest BCUT2D eigenvalue weighted by Gasteiger charge is -2.28. The maximum atomic E-state index is 14.0. The Labute approximate surface area is 113 Å². The fraction of sp³-hybridized carbons (Fsp3) is 0.600. The van der Waals surface area contributed by atoms with Crippen LogP contribution in [0.25, 0.3) is 0 Å². The standard InChI is InChI=1S/C15H21F2NO/c1-3-7-18-14(15-10(2)6-8-19-15)12-5-4-11(16)9-13(12)17/h4-5,9-10,14-15,18H,3,6-8H2,1-2H3. The maximum absolute atomic E-state index is 14.0. The van der Waals surface area contributed by atoms with Crippen LogP contribution in [0.15, 0.2) is 18.2 Å². The van der Waals surface area contributed by atoms with Crippen LogP contribution in [0.1, 0.15) is 38.3 Å². The predicted octanol–water partition coefficient (Wildman–Crippen LogP) is 3.43. The van der Waals surface area contributed by atoms with Crippen molar-refractivity contribution in [2.45, 2.75) is 38.8 Å². The van der Waals surface area contributed by atoms with E-state index in [4.69, 9.17) is 4.74 Å². The van der Waals surface area contributed by atoms with Crippen LogP contribution in [0.4, 0.5) is 8.78 Å². The number of hydrogen-bond donors (Lipinski definition) is 1. The summed E-state index contributed by atoms with van der Waals surface area (Å²) < 4.78 is 32.7. The highest BCUT2D eigenvalue weighted by atomic mass is 19.1. The first-order valence-corrected chi connectivity index (χ1v) is 6.93. The highest BCUT2D eigenvalue weighted by Gasteiger charge is 2.34. The van der Waals surface area contributed by atoms with Gasteiger partial charge in [0.25, 0.3) is 0 Å². The van der Waals surface area contributed by atoms with Gasteiger partial charge < -0.3 is 10.1 Å². The van der Waals surface area contributed by atoms with Crippen molar-refractivity contribution >= 4 is 0 Å². The Bertz CT molecular complexity index is 425. The summed E-state index contributed by atoms with van der Waals surface area (Å²) >= 11 is 0. The van der Waals surface area contributed by atoms with Crippen LogP contribution in [0.5, 0.6) is 0 Å². The molecule has 0 aromatic heterocycles. The molecule has 0 aliphatic carbocycles. The van der Waals surface area contributed by atoms with Crippen molar-refractivity contribution in [3.8, 4) is 0 Å². The van der Waals surface area contributed by atoms with Gasteiger partial charge in [0.2, 0.25) is 0 Å². The molecule has 19 heavy (non-hydrogen) atoms. The predicted molar refractivity (Wildman–Crippen MR) is 70.9 cm³/mol. The number of ether oxygens (including phenoxy) is 1. The van der Waals surface area contributed by atoms with E-state index < -0.39 is 11.6 Å². The molecule has 1 fully saturated rings. The molecule has 3 atom stereocenters. The van der Waals surface area contributed by atoms with Gasteiger partial charge in [0, 0.05) is 18.2 Å². The molecule has 0 bridgehead atoms. The van der Waals surface area contributed by atoms with Crippen LogP contribution in [-0.2, 0) is 4.74 Å². The van der Waals surface area contributed by atoms with Gasteiger partial charge in [-0.25, -0.2) is 8.78 Å². The average Bonchev–Trinajstić information content (AvgIpc) is 2.78. The zero-order valence-electron chi connectivity index (χ0n) is 11.5. The zero-order chi connectivity index (χ0) is 13.8. The summed E-state index contributed by atoms with van der Waals surface area (Å²) in [5.41, 5.74) is 0.494. The molecule has 1 heterocycles. The topological polar surface area (TPSA) is 21.3 Å². The van der Waals surface area contributed by atoms with Crippen LogP contribution in [0.3, 0.4) is 0 Å². The van der Waals surface area contributed by atoms with Crippen molar-refractivity contribution < 1.29 is 13.5 Å². The monoisotopic (exact) mass is 269 g/mol. The third-order valence-electron chi connectivity index (χ3n) is 3.68. The van der Waals surface area contributed by atoms with Crippen LogP contribution >= 0.6 is 0 Å². The average molecular weight is 269 g/mol. The molecule has 4 heteroatoms. The molecule has 1 aromatic rings. The molecule has 2 rings (SSSR count). The highest BCUT2D eigenvalue weighted by Crippen LogP contribution is 2.32. The molecule has 0 spiro atoms. The first-order chi connectivity index (χ1) is 9.13. The largest absolute Gasteiger partial charge is 0.376 e. The van der Waals surface area contributed by atoms with E-state index in [1.54, 1.807) is 0 Å². The molecule has 3 unspecified atom stereocenters. The van der Waals surface area contributed by atoms with E-state index in [1.165, 1.54) is 12.1 Å². The summed E-state index contributed by atoms with van der Waals surface area (Å²) in [7, 11) is 0. The Morgan fingerprint density at radius 2 is 2.21 bits per heavy atom. The van der Waals surface area contributed by atoms with Gasteiger partial charge in [-0.3, -0.25) is 0 Å². The second kappa shape index (κ2) is 6.44. The van der Waals surface area contributed by atoms with Crippen LogP contribution in [0.2, 0.25) is 0 Å². The van der Waals surface area contributed by atoms with Crippen molar-refractivity contribution in [1.29, 1.82) is 0 Å². The van der Waals surface area contributed by atoms with Crippen molar-refractivity contribution in [3.63, 3.8) is 0 Å². The SMILES string of the molecule is CCCNC(c1ccc(F)cc1F)C1OCCC1C. The Balaban J connectivity index is 2.25. The quantitative estimate of drug-likeness (QED) is 0.884. The molecule has 0 saturated carbocycles. The van der Waals surface area contributed by atoms with Crippen molar-refractivity contribution in [2.75, 3.05) is 13.2 Å². The molecule has 106 valence electrons. The Morgan fingerprint density at radius 1 is 1.42 bits per heavy atom. The normalized spacial score (nSPS) is 24.6. The molecule has 1 N–H and O–H groups in total. The van der Waals surface area contributed by atoms with E-state index in [1.807, 2.05) is 0 Å². The third kappa shape index (κ3) is 3.31. The molecule has 1 aliphatic rings. The first kappa shape index (κ1) is 14.4. The zero-order valence-corrected chi connectivity index (χ0v) is 11.5. The van der Waals surface area contributed by atoms with Gasteiger partial charge in [0.05, 0.1) is 12.1 Å². The summed E-state index contributed by atoms with van der Waals surface area (Å²) in [5.74, 6) is -0.675. The molecule has 1 aromatic carbocycles. The number of nitrogens with one attached hydrogen (secondary N) is 1. The molecule has 0 amide bonds. The van der Waals surface area contributed by atoms with E-state index in [0.29, 0.717) is 18.1 Å². The van der Waals surface area contributed by atoms with E-state index >= 15 is 0 Å². The fourth-order valence-electron chi connectivity index (χ4n) is 2.60. The number of halogens is 2. The van der Waals surface area contributed by atoms with Gasteiger partial charge in [0.1, 0.15) is 11.6 Å². The molecule has 1 saturated heterocycles. The van der Waals surface area contributed by atoms with E-state index in [-0.39, 0.29) is 12.1 Å². The number of rotatable bonds is 5. The first-order valence-electron chi connectivity index (χ1n) is 6.93. The van der Waals surface area contributed by atoms with Crippen LogP contribution < -0.4 is 5.32 Å². The minimum Gasteiger partial charge on any atom is -0.376 e. The smallest absolute Gasteiger partial charge is 0.130 e. The second-order valence-corrected chi connectivity index (χ2v) is 5.20. The molecular weight excluding hydrogens is 248 g/mol. The van der Waals surface area contributed by atoms with Gasteiger partial charge in [0.15, 0.2) is 0 Å². The molecule has 2 nitrogen and oxygen atoms in total. The van der Waals surface area contributed by atoms with Gasteiger partial charge in [-0.2, -0.15) is 0 Å². The van der Waals surface area contributed by atoms with Crippen molar-refractivity contribution in [3.05, 3.63) is 35.4 Å². The Morgan fingerprint density at radius 3 is 2.79 bits per heavy atom. The minimum atomic E-state index is -0.545. The van der Waals surface area contributed by atoms with Crippen LogP contribution in [0, 0.1) is 17.6 Å². The minimum absolute atomic E-state index is 0.0495. The summed E-state index contributed by atoms with van der Waals surface area (Å²) in [5, 5.41) is 3.33. The maximum Gasteiger partial charge on any atom is 0.130 e. The lowest BCUT2D eigenvalue weighted by atomic mass is 9.92. The third-order valence-corrected chi connectivity index (χ3v) is 3.68. The second-order valence-electron chi connectivity index (χ2n) is 5.20. The molecular formula is C15H21F2NO. The Kier molecular flexibility index (Phi) is 4.88. The molecule has 1 aliphatic heterocycles. The van der Waals surface area contributed by atoms with Gasteiger partial charge in [-0.15, -0.1) is 0 Å². The van der Waals surface area contributed by atoms with Crippen LogP contribution in [-0.4, -0.2) is 19.3 Å². The highest BCUT2D eigenvalue weighted by molar-refractivity contribution is 5.24. The van der Waals surface area contributed by atoms with E-state index in [2.05, 4.69) is 19.2 Å². The van der Waals surface area contributed by atoms with Gasteiger partial charge >= 0.3 is 0 Å². The fourth-order valence-corrected chi connectivity index (χ4v) is 2.60. The lowest BCUT2D eigenvalue weighted by molar-refractivity contribution is 0.0596. The molecule has 0 radical (unpaired) electrons. The summed E-state index contributed by atoms with van der Waals surface area (Å²) in [4.78, 5) is 0. The number of hydrogen-bond acceptors (Lipinski definition) is 2. The summed E-state index contributed by atoms with van der Waals surface area (Å²) in [6.07, 6.45) is 1.89. The van der Waals surface area contributed by atoms with E-state index in [0.717, 1.165) is 25.5 Å². The number of benzene rings is 1. The van der Waals surface area contributed by atoms with Gasteiger partial charge in [-0.05, 0) is 31.4 Å². The van der Waals surface area contributed by atoms with Crippen molar-refractivity contribution in [1.82, 2.24) is 5.32 Å². The Hall–Kier alpha value is -1.00. The van der Waals surface area contributed by atoms with Crippen molar-refractivity contribution in [2.24, 2.45) is 5.92 Å².